The van der Waals surface area contributed by atoms with Crippen LogP contribution in [0.3, 0.4) is 0 Å². The van der Waals surface area contributed by atoms with Gasteiger partial charge in [0, 0.05) is 6.54 Å². The smallest absolute Gasteiger partial charge is 0.410 e. The Kier molecular flexibility index (Phi) is 5.49. The molecule has 0 aliphatic carbocycles. The summed E-state index contributed by atoms with van der Waals surface area (Å²) in [6, 6.07) is 4.08. The Hall–Kier alpha value is -1.37. The van der Waals surface area contributed by atoms with Crippen molar-refractivity contribution in [1.29, 1.82) is 0 Å². The van der Waals surface area contributed by atoms with E-state index in [1.807, 2.05) is 0 Å². The van der Waals surface area contributed by atoms with Gasteiger partial charge in [-0.05, 0) is 38.5 Å². The molecule has 128 valence electrons. The molecule has 5 nitrogen and oxygen atoms in total. The van der Waals surface area contributed by atoms with Gasteiger partial charge < -0.3 is 19.5 Å². The van der Waals surface area contributed by atoms with E-state index in [9.17, 15) is 14.3 Å². The van der Waals surface area contributed by atoms with Crippen molar-refractivity contribution < 1.29 is 23.8 Å². The highest BCUT2D eigenvalue weighted by atomic mass is 35.5. The molecule has 1 heterocycles. The molecule has 7 heteroatoms. The van der Waals surface area contributed by atoms with Crippen LogP contribution >= 0.6 is 11.6 Å². The monoisotopic (exact) mass is 345 g/mol. The maximum atomic E-state index is 13.5. The first-order valence-electron chi connectivity index (χ1n) is 7.40. The Morgan fingerprint density at radius 1 is 1.52 bits per heavy atom. The summed E-state index contributed by atoms with van der Waals surface area (Å²) in [6.07, 6.45) is -2.18. The van der Waals surface area contributed by atoms with E-state index in [-0.39, 0.29) is 18.2 Å². The van der Waals surface area contributed by atoms with Gasteiger partial charge >= 0.3 is 6.09 Å². The van der Waals surface area contributed by atoms with E-state index in [0.29, 0.717) is 12.1 Å². The highest BCUT2D eigenvalue weighted by molar-refractivity contribution is 6.30. The third-order valence-corrected chi connectivity index (χ3v) is 3.69. The molecule has 23 heavy (non-hydrogen) atoms. The van der Waals surface area contributed by atoms with Crippen LogP contribution in [-0.4, -0.2) is 47.5 Å². The minimum Gasteiger partial charge on any atom is -0.444 e. The van der Waals surface area contributed by atoms with E-state index in [4.69, 9.17) is 21.1 Å². The minimum absolute atomic E-state index is 0.0131. The van der Waals surface area contributed by atoms with Crippen LogP contribution in [0.5, 0.6) is 0 Å². The number of benzene rings is 1. The fourth-order valence-corrected chi connectivity index (χ4v) is 2.39. The van der Waals surface area contributed by atoms with Gasteiger partial charge in [-0.25, -0.2) is 9.18 Å². The second-order valence-electron chi connectivity index (χ2n) is 6.45. The molecule has 0 spiro atoms. The lowest BCUT2D eigenvalue weighted by molar-refractivity contribution is -0.0908. The topological polar surface area (TPSA) is 59.0 Å². The third kappa shape index (κ3) is 4.80. The number of morpholine rings is 1. The number of rotatable bonds is 2. The summed E-state index contributed by atoms with van der Waals surface area (Å²) in [6.45, 7) is 6.18. The summed E-state index contributed by atoms with van der Waals surface area (Å²) < 4.78 is 24.4. The van der Waals surface area contributed by atoms with Crippen molar-refractivity contribution in [2.75, 3.05) is 19.7 Å². The van der Waals surface area contributed by atoms with Gasteiger partial charge in [0.1, 0.15) is 23.6 Å². The number of nitrogens with zero attached hydrogens (tertiary/aromatic N) is 1. The average molecular weight is 346 g/mol. The van der Waals surface area contributed by atoms with Crippen LogP contribution in [0, 0.1) is 5.82 Å². The largest absolute Gasteiger partial charge is 0.444 e. The van der Waals surface area contributed by atoms with Crippen molar-refractivity contribution in [2.45, 2.75) is 38.6 Å². The molecule has 1 fully saturated rings. The number of carbonyl (C=O) groups excluding carboxylic acids is 1. The number of aliphatic hydroxyl groups excluding tert-OH is 1. The van der Waals surface area contributed by atoms with E-state index < -0.39 is 29.7 Å². The number of halogens is 2. The summed E-state index contributed by atoms with van der Waals surface area (Å²) in [5.41, 5.74) is -0.244. The molecule has 1 aliphatic heterocycles. The fraction of sp³-hybridized carbons (Fsp3) is 0.562. The van der Waals surface area contributed by atoms with E-state index in [0.717, 1.165) is 0 Å². The summed E-state index contributed by atoms with van der Waals surface area (Å²) in [5.74, 6) is -0.608. The molecule has 1 amide bonds. The zero-order chi connectivity index (χ0) is 17.2. The molecule has 0 aromatic heterocycles. The van der Waals surface area contributed by atoms with Crippen LogP contribution in [0.1, 0.15) is 32.4 Å². The van der Waals surface area contributed by atoms with Gasteiger partial charge in [-0.1, -0.05) is 17.7 Å². The molecule has 1 aromatic carbocycles. The maximum Gasteiger partial charge on any atom is 0.410 e. The van der Waals surface area contributed by atoms with Crippen molar-refractivity contribution in [2.24, 2.45) is 0 Å². The van der Waals surface area contributed by atoms with Gasteiger partial charge in [0.2, 0.25) is 0 Å². The molecule has 1 aromatic rings. The predicted octanol–water partition coefficient (Wildman–Crippen LogP) is 3.15. The zero-order valence-electron chi connectivity index (χ0n) is 13.4. The SMILES string of the molecule is CC(C)(C)OC(=O)N1CCO[C@@H]([C@H](O)c2ccc(Cl)c(F)c2)C1. The first kappa shape index (κ1) is 18.0. The zero-order valence-corrected chi connectivity index (χ0v) is 14.1. The molecule has 1 aliphatic rings. The normalized spacial score (nSPS) is 20.3. The van der Waals surface area contributed by atoms with Gasteiger partial charge in [-0.15, -0.1) is 0 Å². The second kappa shape index (κ2) is 7.03. The van der Waals surface area contributed by atoms with Crippen LogP contribution < -0.4 is 0 Å². The number of hydrogen-bond donors (Lipinski definition) is 1. The van der Waals surface area contributed by atoms with Crippen molar-refractivity contribution >= 4 is 17.7 Å². The number of amides is 1. The Bertz CT molecular complexity index is 576. The Balaban J connectivity index is 2.05. The molecule has 0 saturated carbocycles. The number of ether oxygens (including phenoxy) is 2. The summed E-state index contributed by atoms with van der Waals surface area (Å²) in [4.78, 5) is 13.6. The van der Waals surface area contributed by atoms with Crippen LogP contribution in [0.2, 0.25) is 5.02 Å². The Labute approximate surface area is 139 Å². The quantitative estimate of drug-likeness (QED) is 0.894. The van der Waals surface area contributed by atoms with Crippen LogP contribution in [0.15, 0.2) is 18.2 Å². The summed E-state index contributed by atoms with van der Waals surface area (Å²) >= 11 is 5.64. The molecule has 1 saturated heterocycles. The minimum atomic E-state index is -1.06. The van der Waals surface area contributed by atoms with E-state index in [1.54, 1.807) is 20.8 Å². The lowest BCUT2D eigenvalue weighted by Crippen LogP contribution is -2.49. The third-order valence-electron chi connectivity index (χ3n) is 3.38. The molecule has 2 rings (SSSR count). The first-order valence-corrected chi connectivity index (χ1v) is 7.78. The van der Waals surface area contributed by atoms with Gasteiger partial charge in [0.15, 0.2) is 0 Å². The molecular formula is C16H21ClFNO4. The molecule has 0 bridgehead atoms. The van der Waals surface area contributed by atoms with Crippen LogP contribution in [0.4, 0.5) is 9.18 Å². The molecule has 0 radical (unpaired) electrons. The van der Waals surface area contributed by atoms with Gasteiger partial charge in [-0.2, -0.15) is 0 Å². The average Bonchev–Trinajstić information content (AvgIpc) is 2.48. The number of hydrogen-bond acceptors (Lipinski definition) is 4. The van der Waals surface area contributed by atoms with Gasteiger partial charge in [0.25, 0.3) is 0 Å². The first-order chi connectivity index (χ1) is 10.7. The van der Waals surface area contributed by atoms with Crippen molar-refractivity contribution in [3.63, 3.8) is 0 Å². The predicted molar refractivity (Wildman–Crippen MR) is 83.9 cm³/mol. The lowest BCUT2D eigenvalue weighted by Gasteiger charge is -2.36. The van der Waals surface area contributed by atoms with Crippen molar-refractivity contribution in [3.8, 4) is 0 Å². The van der Waals surface area contributed by atoms with Gasteiger partial charge in [-0.3, -0.25) is 0 Å². The maximum absolute atomic E-state index is 13.5. The van der Waals surface area contributed by atoms with E-state index >= 15 is 0 Å². The highest BCUT2D eigenvalue weighted by Gasteiger charge is 2.32. The molecule has 2 atom stereocenters. The standard InChI is InChI=1S/C16H21ClFNO4/c1-16(2,3)23-15(21)19-6-7-22-13(9-19)14(20)10-4-5-11(17)12(18)8-10/h4-5,8,13-14,20H,6-7,9H2,1-3H3/t13-,14-/m1/s1. The Morgan fingerprint density at radius 3 is 2.83 bits per heavy atom. The van der Waals surface area contributed by atoms with E-state index in [1.165, 1.54) is 23.1 Å². The van der Waals surface area contributed by atoms with Crippen molar-refractivity contribution in [1.82, 2.24) is 4.90 Å². The lowest BCUT2D eigenvalue weighted by atomic mass is 10.0. The molecule has 1 N–H and O–H groups in total. The highest BCUT2D eigenvalue weighted by Crippen LogP contribution is 2.26. The fourth-order valence-electron chi connectivity index (χ4n) is 2.27. The van der Waals surface area contributed by atoms with E-state index in [2.05, 4.69) is 0 Å². The molecule has 0 unspecified atom stereocenters. The van der Waals surface area contributed by atoms with Crippen LogP contribution in [-0.2, 0) is 9.47 Å². The number of aliphatic hydroxyl groups is 1. The summed E-state index contributed by atoms with van der Waals surface area (Å²) in [5, 5.41) is 10.4. The second-order valence-corrected chi connectivity index (χ2v) is 6.86. The van der Waals surface area contributed by atoms with Crippen LogP contribution in [0.25, 0.3) is 0 Å². The van der Waals surface area contributed by atoms with Gasteiger partial charge in [0.05, 0.1) is 18.2 Å². The summed E-state index contributed by atoms with van der Waals surface area (Å²) in [7, 11) is 0. The number of carbonyl (C=O) groups is 1. The van der Waals surface area contributed by atoms with Crippen molar-refractivity contribution in [3.05, 3.63) is 34.6 Å². The Morgan fingerprint density at radius 2 is 2.22 bits per heavy atom. The molecular weight excluding hydrogens is 325 g/mol.